The molecule has 1 saturated carbocycles. The number of likely N-dealkylation sites (N-methyl/N-ethyl adjacent to an activating group) is 2. The van der Waals surface area contributed by atoms with E-state index >= 15 is 0 Å². The van der Waals surface area contributed by atoms with Gasteiger partial charge in [-0.25, -0.2) is 4.98 Å². The maximum Gasteiger partial charge on any atom is 0.247 e. The van der Waals surface area contributed by atoms with Gasteiger partial charge in [-0.15, -0.1) is 0 Å². The number of nitrogens with one attached hydrogen (secondary N) is 4. The van der Waals surface area contributed by atoms with Crippen molar-refractivity contribution < 1.29 is 9.59 Å². The molecule has 1 aliphatic rings. The Hall–Kier alpha value is -4.41. The Morgan fingerprint density at radius 1 is 1.21 bits per heavy atom. The third-order valence-corrected chi connectivity index (χ3v) is 6.22. The molecule has 1 aliphatic carbocycles. The van der Waals surface area contributed by atoms with Gasteiger partial charge in [0.1, 0.15) is 5.82 Å². The van der Waals surface area contributed by atoms with E-state index in [0.29, 0.717) is 35.0 Å². The maximum atomic E-state index is 12.8. The van der Waals surface area contributed by atoms with Crippen molar-refractivity contribution in [2.75, 3.05) is 45.4 Å². The molecule has 1 heterocycles. The normalized spacial score (nSPS) is 17.2. The second-order valence-electron chi connectivity index (χ2n) is 9.39. The lowest BCUT2D eigenvalue weighted by molar-refractivity contribution is -0.127. The minimum absolute atomic E-state index is 0.0306. The third-order valence-electron chi connectivity index (χ3n) is 6.22. The molecule has 0 radical (unpaired) electrons. The molecule has 1 atom stereocenters. The number of hydrogen-bond acceptors (Lipinski definition) is 8. The van der Waals surface area contributed by atoms with E-state index in [-0.39, 0.29) is 23.8 Å². The van der Waals surface area contributed by atoms with E-state index in [1.165, 1.54) is 0 Å². The first-order valence-electron chi connectivity index (χ1n) is 12.4. The molecular formula is C28H34N8O2. The molecule has 0 spiro atoms. The van der Waals surface area contributed by atoms with Crippen LogP contribution in [-0.2, 0) is 9.59 Å². The zero-order chi connectivity index (χ0) is 27.7. The van der Waals surface area contributed by atoms with Gasteiger partial charge >= 0.3 is 0 Å². The number of nitrogens with zero attached hydrogens (tertiary/aromatic N) is 4. The number of carbonyl (C=O) groups excluding carboxylic acids is 2. The summed E-state index contributed by atoms with van der Waals surface area (Å²) in [6.07, 6.45) is 4.95. The Kier molecular flexibility index (Phi) is 9.80. The van der Waals surface area contributed by atoms with Crippen LogP contribution in [-0.4, -0.2) is 67.5 Å². The summed E-state index contributed by atoms with van der Waals surface area (Å²) < 4.78 is 0. The maximum absolute atomic E-state index is 12.8. The van der Waals surface area contributed by atoms with Crippen molar-refractivity contribution in [2.24, 2.45) is 11.8 Å². The van der Waals surface area contributed by atoms with Crippen molar-refractivity contribution in [3.8, 4) is 17.9 Å². The minimum atomic E-state index is -0.549. The van der Waals surface area contributed by atoms with Gasteiger partial charge in [0.05, 0.1) is 29.3 Å². The summed E-state index contributed by atoms with van der Waals surface area (Å²) in [5.41, 5.74) is 2.50. The molecule has 4 N–H and O–H groups in total. The van der Waals surface area contributed by atoms with E-state index < -0.39 is 5.92 Å². The molecule has 198 valence electrons. The van der Waals surface area contributed by atoms with Gasteiger partial charge in [0.2, 0.25) is 17.8 Å². The van der Waals surface area contributed by atoms with Gasteiger partial charge in [0, 0.05) is 43.9 Å². The van der Waals surface area contributed by atoms with Gasteiger partial charge in [-0.05, 0) is 58.1 Å². The molecular weight excluding hydrogens is 480 g/mol. The predicted octanol–water partition coefficient (Wildman–Crippen LogP) is 2.25. The molecule has 1 aromatic carbocycles. The molecule has 2 amide bonds. The average molecular weight is 515 g/mol. The molecule has 0 aliphatic heterocycles. The second-order valence-corrected chi connectivity index (χ2v) is 9.39. The number of nitriles is 1. The smallest absolute Gasteiger partial charge is 0.247 e. The van der Waals surface area contributed by atoms with E-state index in [2.05, 4.69) is 49.1 Å². The SMILES string of the molecule is CNC(=O)/C(=C\CN(C)C)[C@H](C)C(=O)NC1CC(C#Cc2cnc(Nc3ccc(C#N)cc3)nc2NC)C1. The molecule has 0 bridgehead atoms. The van der Waals surface area contributed by atoms with E-state index in [0.717, 1.165) is 18.5 Å². The van der Waals surface area contributed by atoms with Crippen LogP contribution in [0.2, 0.25) is 0 Å². The number of aromatic nitrogens is 2. The first kappa shape index (κ1) is 28.2. The molecule has 1 aromatic heterocycles. The van der Waals surface area contributed by atoms with Crippen molar-refractivity contribution in [3.05, 3.63) is 53.2 Å². The fourth-order valence-corrected chi connectivity index (χ4v) is 3.87. The van der Waals surface area contributed by atoms with Crippen LogP contribution in [0.4, 0.5) is 17.5 Å². The summed E-state index contributed by atoms with van der Waals surface area (Å²) in [5, 5.41) is 20.8. The van der Waals surface area contributed by atoms with Crippen LogP contribution in [0.3, 0.4) is 0 Å². The zero-order valence-corrected chi connectivity index (χ0v) is 22.4. The largest absolute Gasteiger partial charge is 0.372 e. The van der Waals surface area contributed by atoms with Crippen LogP contribution in [0, 0.1) is 35.0 Å². The van der Waals surface area contributed by atoms with Crippen LogP contribution >= 0.6 is 0 Å². The monoisotopic (exact) mass is 514 g/mol. The van der Waals surface area contributed by atoms with Gasteiger partial charge in [-0.1, -0.05) is 17.9 Å². The summed E-state index contributed by atoms with van der Waals surface area (Å²) in [4.78, 5) is 35.8. The molecule has 3 rings (SSSR count). The Bertz CT molecular complexity index is 1280. The van der Waals surface area contributed by atoms with Crippen LogP contribution in [0.25, 0.3) is 0 Å². The van der Waals surface area contributed by atoms with Crippen molar-refractivity contribution in [3.63, 3.8) is 0 Å². The van der Waals surface area contributed by atoms with Gasteiger partial charge < -0.3 is 26.2 Å². The van der Waals surface area contributed by atoms with E-state index in [1.54, 1.807) is 57.6 Å². The van der Waals surface area contributed by atoms with Crippen molar-refractivity contribution in [2.45, 2.75) is 25.8 Å². The van der Waals surface area contributed by atoms with E-state index in [9.17, 15) is 9.59 Å². The van der Waals surface area contributed by atoms with Gasteiger partial charge in [-0.2, -0.15) is 10.2 Å². The number of hydrogen-bond donors (Lipinski definition) is 4. The summed E-state index contributed by atoms with van der Waals surface area (Å²) in [5.74, 6) is 6.63. The predicted molar refractivity (Wildman–Crippen MR) is 147 cm³/mol. The van der Waals surface area contributed by atoms with Gasteiger partial charge in [0.15, 0.2) is 0 Å². The lowest BCUT2D eigenvalue weighted by atomic mass is 9.80. The lowest BCUT2D eigenvalue weighted by Crippen LogP contribution is -2.46. The fraction of sp³-hybridized carbons (Fsp3) is 0.393. The Labute approximate surface area is 223 Å². The Morgan fingerprint density at radius 2 is 1.92 bits per heavy atom. The van der Waals surface area contributed by atoms with Crippen LogP contribution in [0.5, 0.6) is 0 Å². The van der Waals surface area contributed by atoms with E-state index in [1.807, 2.05) is 19.0 Å². The van der Waals surface area contributed by atoms with Crippen molar-refractivity contribution >= 4 is 29.3 Å². The highest BCUT2D eigenvalue weighted by Gasteiger charge is 2.31. The summed E-state index contributed by atoms with van der Waals surface area (Å²) in [7, 11) is 7.16. The molecule has 38 heavy (non-hydrogen) atoms. The standard InChI is InChI=1S/C28H34N8O2/c1-18(24(27(38)31-3)12-13-36(4)5)26(37)33-23-14-20(15-23)6-9-21-17-32-28(35-25(21)30-2)34-22-10-7-19(16-29)8-11-22/h7-8,10-12,17-18,20,23H,13-15H2,1-5H3,(H,31,38)(H,33,37)(H2,30,32,34,35)/b24-12-/t18-,20?,23?/m0/s1. The quantitative estimate of drug-likeness (QED) is 0.296. The summed E-state index contributed by atoms with van der Waals surface area (Å²) in [6.45, 7) is 2.33. The number of amides is 2. The van der Waals surface area contributed by atoms with Crippen LogP contribution in [0.1, 0.15) is 30.9 Å². The third kappa shape index (κ3) is 7.55. The highest BCUT2D eigenvalue weighted by atomic mass is 16.2. The second kappa shape index (κ2) is 13.2. The Balaban J connectivity index is 1.56. The molecule has 10 nitrogen and oxygen atoms in total. The van der Waals surface area contributed by atoms with Crippen LogP contribution in [0.15, 0.2) is 42.1 Å². The first-order chi connectivity index (χ1) is 18.2. The highest BCUT2D eigenvalue weighted by Crippen LogP contribution is 2.28. The first-order valence-corrected chi connectivity index (χ1v) is 12.4. The summed E-state index contributed by atoms with van der Waals surface area (Å²) in [6, 6.07) is 9.15. The van der Waals surface area contributed by atoms with Crippen LogP contribution < -0.4 is 21.3 Å². The topological polar surface area (TPSA) is 135 Å². The number of rotatable bonds is 9. The summed E-state index contributed by atoms with van der Waals surface area (Å²) >= 11 is 0. The minimum Gasteiger partial charge on any atom is -0.372 e. The fourth-order valence-electron chi connectivity index (χ4n) is 3.87. The molecule has 1 fully saturated rings. The van der Waals surface area contributed by atoms with E-state index in [4.69, 9.17) is 5.26 Å². The van der Waals surface area contributed by atoms with Crippen molar-refractivity contribution in [1.82, 2.24) is 25.5 Å². The van der Waals surface area contributed by atoms with Gasteiger partial charge in [0.25, 0.3) is 0 Å². The molecule has 0 saturated heterocycles. The highest BCUT2D eigenvalue weighted by molar-refractivity contribution is 5.99. The Morgan fingerprint density at radius 3 is 2.53 bits per heavy atom. The lowest BCUT2D eigenvalue weighted by Gasteiger charge is -2.33. The average Bonchev–Trinajstić information content (AvgIpc) is 2.90. The number of benzene rings is 1. The number of anilines is 3. The zero-order valence-electron chi connectivity index (χ0n) is 22.4. The molecule has 0 unspecified atom stereocenters. The number of carbonyl (C=O) groups is 2. The van der Waals surface area contributed by atoms with Crippen molar-refractivity contribution in [1.29, 1.82) is 5.26 Å². The molecule has 2 aromatic rings. The molecule has 10 heteroatoms. The van der Waals surface area contributed by atoms with Gasteiger partial charge in [-0.3, -0.25) is 9.59 Å².